The first-order valence-electron chi connectivity index (χ1n) is 8.60. The summed E-state index contributed by atoms with van der Waals surface area (Å²) in [6.45, 7) is 1.36. The van der Waals surface area contributed by atoms with Crippen molar-refractivity contribution < 1.29 is 4.79 Å². The van der Waals surface area contributed by atoms with Gasteiger partial charge >= 0.3 is 6.03 Å². The number of nitrogens with zero attached hydrogens (tertiary/aromatic N) is 2. The number of carbonyl (C=O) groups is 1. The van der Waals surface area contributed by atoms with Gasteiger partial charge in [-0.25, -0.2) is 4.79 Å². The van der Waals surface area contributed by atoms with Crippen LogP contribution in [0.2, 0.25) is 0 Å². The van der Waals surface area contributed by atoms with Crippen molar-refractivity contribution in [3.05, 3.63) is 59.8 Å². The van der Waals surface area contributed by atoms with Crippen LogP contribution in [0.3, 0.4) is 0 Å². The van der Waals surface area contributed by atoms with Crippen LogP contribution in [0.5, 0.6) is 0 Å². The molecule has 0 saturated heterocycles. The monoisotopic (exact) mass is 324 g/mol. The fourth-order valence-electron chi connectivity index (χ4n) is 2.92. The molecule has 0 unspecified atom stereocenters. The van der Waals surface area contributed by atoms with E-state index in [2.05, 4.69) is 33.9 Å². The van der Waals surface area contributed by atoms with E-state index in [9.17, 15) is 4.79 Å². The van der Waals surface area contributed by atoms with E-state index in [-0.39, 0.29) is 6.03 Å². The molecular formula is C19H24N4O. The van der Waals surface area contributed by atoms with Crippen LogP contribution in [0, 0.1) is 0 Å². The molecule has 0 spiro atoms. The summed E-state index contributed by atoms with van der Waals surface area (Å²) < 4.78 is 1.82. The third kappa shape index (κ3) is 4.98. The van der Waals surface area contributed by atoms with E-state index in [1.165, 1.54) is 36.8 Å². The van der Waals surface area contributed by atoms with Gasteiger partial charge in [-0.3, -0.25) is 10.00 Å². The van der Waals surface area contributed by atoms with Gasteiger partial charge in [0.15, 0.2) is 5.82 Å². The minimum Gasteiger partial charge on any atom is -0.338 e. The highest BCUT2D eigenvalue weighted by Gasteiger charge is 2.07. The first-order valence-corrected chi connectivity index (χ1v) is 8.60. The Balaban J connectivity index is 1.42. The van der Waals surface area contributed by atoms with Crippen LogP contribution >= 0.6 is 0 Å². The Kier molecular flexibility index (Phi) is 5.66. The third-order valence-electron chi connectivity index (χ3n) is 4.19. The number of hydrogen-bond donors (Lipinski definition) is 2. The molecule has 0 fully saturated rings. The summed E-state index contributed by atoms with van der Waals surface area (Å²) >= 11 is 0. The summed E-state index contributed by atoms with van der Waals surface area (Å²) in [6.07, 6.45) is 10.0. The lowest BCUT2D eigenvalue weighted by molar-refractivity contribution is 0.252. The van der Waals surface area contributed by atoms with E-state index in [1.54, 1.807) is 0 Å². The number of carbonyl (C=O) groups excluding carboxylic acids is 1. The van der Waals surface area contributed by atoms with Crippen molar-refractivity contribution in [2.75, 3.05) is 11.9 Å². The van der Waals surface area contributed by atoms with E-state index in [0.717, 1.165) is 6.42 Å². The van der Waals surface area contributed by atoms with Gasteiger partial charge in [-0.15, -0.1) is 0 Å². The molecule has 0 saturated carbocycles. The zero-order valence-corrected chi connectivity index (χ0v) is 13.9. The van der Waals surface area contributed by atoms with Gasteiger partial charge in [-0.1, -0.05) is 42.0 Å². The molecule has 126 valence electrons. The Hall–Kier alpha value is -2.56. The minimum atomic E-state index is -0.198. The molecule has 0 aliphatic heterocycles. The third-order valence-corrected chi connectivity index (χ3v) is 4.19. The predicted octanol–water partition coefficient (Wildman–Crippen LogP) is 3.94. The molecule has 5 nitrogen and oxygen atoms in total. The zero-order chi connectivity index (χ0) is 16.6. The van der Waals surface area contributed by atoms with E-state index in [0.29, 0.717) is 18.9 Å². The topological polar surface area (TPSA) is 59.0 Å². The first kappa shape index (κ1) is 16.3. The Labute approximate surface area is 142 Å². The van der Waals surface area contributed by atoms with Gasteiger partial charge < -0.3 is 5.32 Å². The second-order valence-electron chi connectivity index (χ2n) is 6.12. The van der Waals surface area contributed by atoms with Crippen molar-refractivity contribution in [2.24, 2.45) is 0 Å². The molecule has 1 heterocycles. The molecule has 1 aromatic heterocycles. The molecule has 2 amide bonds. The Morgan fingerprint density at radius 1 is 1.17 bits per heavy atom. The van der Waals surface area contributed by atoms with E-state index >= 15 is 0 Å². The van der Waals surface area contributed by atoms with Gasteiger partial charge in [-0.05, 0) is 37.7 Å². The molecular weight excluding hydrogens is 300 g/mol. The molecule has 1 aliphatic carbocycles. The van der Waals surface area contributed by atoms with Gasteiger partial charge in [0.2, 0.25) is 0 Å². The lowest BCUT2D eigenvalue weighted by Crippen LogP contribution is -2.30. The number of aromatic nitrogens is 2. The molecule has 24 heavy (non-hydrogen) atoms. The quantitative estimate of drug-likeness (QED) is 0.791. The second-order valence-corrected chi connectivity index (χ2v) is 6.12. The maximum Gasteiger partial charge on any atom is 0.320 e. The van der Waals surface area contributed by atoms with Gasteiger partial charge in [0.25, 0.3) is 0 Å². The summed E-state index contributed by atoms with van der Waals surface area (Å²) in [5.74, 6) is 0.570. The number of amides is 2. The number of anilines is 1. The summed E-state index contributed by atoms with van der Waals surface area (Å²) in [5, 5.41) is 10.1. The van der Waals surface area contributed by atoms with E-state index in [4.69, 9.17) is 0 Å². The highest BCUT2D eigenvalue weighted by Crippen LogP contribution is 2.19. The summed E-state index contributed by atoms with van der Waals surface area (Å²) in [7, 11) is 0. The van der Waals surface area contributed by atoms with Crippen LogP contribution in [0.15, 0.2) is 54.2 Å². The van der Waals surface area contributed by atoms with Gasteiger partial charge in [0.1, 0.15) is 0 Å². The first-order chi connectivity index (χ1) is 11.8. The molecule has 0 atom stereocenters. The Morgan fingerprint density at radius 2 is 2.04 bits per heavy atom. The maximum absolute atomic E-state index is 11.9. The molecule has 3 rings (SSSR count). The normalized spacial score (nSPS) is 14.1. The van der Waals surface area contributed by atoms with Crippen LogP contribution in [-0.4, -0.2) is 22.4 Å². The van der Waals surface area contributed by atoms with Crippen LogP contribution in [-0.2, 0) is 6.54 Å². The van der Waals surface area contributed by atoms with Crippen molar-refractivity contribution in [2.45, 2.75) is 38.6 Å². The van der Waals surface area contributed by atoms with E-state index in [1.807, 2.05) is 35.1 Å². The molecule has 2 N–H and O–H groups in total. The average Bonchev–Trinajstić information content (AvgIpc) is 3.03. The average molecular weight is 324 g/mol. The van der Waals surface area contributed by atoms with Crippen LogP contribution in [0.4, 0.5) is 10.6 Å². The van der Waals surface area contributed by atoms with Crippen molar-refractivity contribution in [3.8, 4) is 0 Å². The molecule has 5 heteroatoms. The smallest absolute Gasteiger partial charge is 0.320 e. The van der Waals surface area contributed by atoms with Crippen molar-refractivity contribution in [1.29, 1.82) is 0 Å². The number of rotatable bonds is 6. The number of hydrogen-bond acceptors (Lipinski definition) is 2. The Bertz CT molecular complexity index is 690. The molecule has 0 radical (unpaired) electrons. The Morgan fingerprint density at radius 3 is 2.83 bits per heavy atom. The van der Waals surface area contributed by atoms with Gasteiger partial charge in [0, 0.05) is 18.8 Å². The molecule has 1 aliphatic rings. The summed E-state index contributed by atoms with van der Waals surface area (Å²) in [5.41, 5.74) is 2.64. The summed E-state index contributed by atoms with van der Waals surface area (Å²) in [4.78, 5) is 11.9. The largest absolute Gasteiger partial charge is 0.338 e. The van der Waals surface area contributed by atoms with E-state index < -0.39 is 0 Å². The standard InChI is InChI=1S/C19H24N4O/c24-19(20-13-11-16-7-3-1-4-8-16)21-18-12-14-23(22-18)15-17-9-5-2-6-10-17/h2,5-7,9-10,12,14H,1,3-4,8,11,13,15H2,(H2,20,21,22,24). The van der Waals surface area contributed by atoms with Crippen LogP contribution < -0.4 is 10.6 Å². The molecule has 1 aromatic carbocycles. The molecule has 0 bridgehead atoms. The maximum atomic E-state index is 11.9. The SMILES string of the molecule is O=C(NCCC1=CCCCC1)Nc1ccn(Cc2ccccc2)n1. The van der Waals surface area contributed by atoms with Crippen LogP contribution in [0.1, 0.15) is 37.7 Å². The number of nitrogens with one attached hydrogen (secondary N) is 2. The van der Waals surface area contributed by atoms with Crippen molar-refractivity contribution in [1.82, 2.24) is 15.1 Å². The lowest BCUT2D eigenvalue weighted by atomic mass is 9.97. The minimum absolute atomic E-state index is 0.198. The predicted molar refractivity (Wildman–Crippen MR) is 96.0 cm³/mol. The number of allylic oxidation sites excluding steroid dienone is 1. The number of benzene rings is 1. The fraction of sp³-hybridized carbons (Fsp3) is 0.368. The highest BCUT2D eigenvalue weighted by molar-refractivity contribution is 5.88. The van der Waals surface area contributed by atoms with Crippen molar-refractivity contribution in [3.63, 3.8) is 0 Å². The fourth-order valence-corrected chi connectivity index (χ4v) is 2.92. The highest BCUT2D eigenvalue weighted by atomic mass is 16.2. The number of urea groups is 1. The zero-order valence-electron chi connectivity index (χ0n) is 13.9. The second kappa shape index (κ2) is 8.34. The lowest BCUT2D eigenvalue weighted by Gasteiger charge is -2.12. The van der Waals surface area contributed by atoms with Crippen molar-refractivity contribution >= 4 is 11.8 Å². The van der Waals surface area contributed by atoms with Gasteiger partial charge in [-0.2, -0.15) is 5.10 Å². The molecule has 2 aromatic rings. The van der Waals surface area contributed by atoms with Gasteiger partial charge in [0.05, 0.1) is 6.54 Å². The van der Waals surface area contributed by atoms with Crippen LogP contribution in [0.25, 0.3) is 0 Å². The summed E-state index contributed by atoms with van der Waals surface area (Å²) in [6, 6.07) is 11.7.